The minimum absolute atomic E-state index is 0.00777. The van der Waals surface area contributed by atoms with Crippen LogP contribution in [-0.4, -0.2) is 42.6 Å². The number of urea groups is 1. The van der Waals surface area contributed by atoms with Gasteiger partial charge < -0.3 is 15.0 Å². The zero-order valence-corrected chi connectivity index (χ0v) is 17.6. The molecule has 0 aliphatic carbocycles. The summed E-state index contributed by atoms with van der Waals surface area (Å²) in [6.45, 7) is 5.78. The molecular weight excluding hydrogens is 378 g/mol. The third-order valence-electron chi connectivity index (χ3n) is 5.92. The summed E-state index contributed by atoms with van der Waals surface area (Å²) in [7, 11) is 0. The summed E-state index contributed by atoms with van der Waals surface area (Å²) in [5.74, 6) is 0.709. The van der Waals surface area contributed by atoms with Crippen LogP contribution >= 0.6 is 0 Å². The van der Waals surface area contributed by atoms with Gasteiger partial charge in [-0.25, -0.2) is 4.79 Å². The van der Waals surface area contributed by atoms with Crippen molar-refractivity contribution in [1.82, 2.24) is 4.90 Å². The molecule has 1 fully saturated rings. The fraction of sp³-hybridized carbons (Fsp3) is 0.417. The SMILES string of the molecule is CCc1ccc(NC(=O)C2CCN(C(=O)N3C[C@H](C)Oc4ccccc43)CC2)cc1. The Morgan fingerprint density at radius 1 is 1.07 bits per heavy atom. The van der Waals surface area contributed by atoms with Crippen LogP contribution in [0.5, 0.6) is 5.75 Å². The van der Waals surface area contributed by atoms with Gasteiger partial charge in [0.2, 0.25) is 5.91 Å². The Morgan fingerprint density at radius 2 is 1.77 bits per heavy atom. The van der Waals surface area contributed by atoms with Crippen LogP contribution in [0.15, 0.2) is 48.5 Å². The first-order valence-corrected chi connectivity index (χ1v) is 10.8. The molecule has 3 amide bonds. The number of carbonyl (C=O) groups is 2. The lowest BCUT2D eigenvalue weighted by Gasteiger charge is -2.39. The van der Waals surface area contributed by atoms with Gasteiger partial charge in [-0.3, -0.25) is 9.69 Å². The third kappa shape index (κ3) is 4.27. The van der Waals surface area contributed by atoms with Gasteiger partial charge in [-0.15, -0.1) is 0 Å². The fourth-order valence-corrected chi connectivity index (χ4v) is 4.14. The lowest BCUT2D eigenvalue weighted by Crippen LogP contribution is -2.51. The number of rotatable bonds is 3. The number of aryl methyl sites for hydroxylation is 1. The van der Waals surface area contributed by atoms with E-state index in [0.717, 1.165) is 23.5 Å². The minimum atomic E-state index is -0.0733. The molecule has 2 heterocycles. The Bertz CT molecular complexity index is 904. The largest absolute Gasteiger partial charge is 0.487 e. The van der Waals surface area contributed by atoms with Gasteiger partial charge in [0.05, 0.1) is 12.2 Å². The number of benzene rings is 2. The maximum Gasteiger partial charge on any atom is 0.324 e. The highest BCUT2D eigenvalue weighted by atomic mass is 16.5. The summed E-state index contributed by atoms with van der Waals surface area (Å²) < 4.78 is 5.85. The fourth-order valence-electron chi connectivity index (χ4n) is 4.14. The normalized spacial score (nSPS) is 19.1. The van der Waals surface area contributed by atoms with Gasteiger partial charge in [-0.2, -0.15) is 0 Å². The Balaban J connectivity index is 1.35. The molecule has 6 nitrogen and oxygen atoms in total. The number of nitrogens with one attached hydrogen (secondary N) is 1. The summed E-state index contributed by atoms with van der Waals surface area (Å²) in [6, 6.07) is 15.6. The summed E-state index contributed by atoms with van der Waals surface area (Å²) in [5, 5.41) is 3.02. The number of likely N-dealkylation sites (tertiary alicyclic amines) is 1. The van der Waals surface area contributed by atoms with Crippen molar-refractivity contribution >= 4 is 23.3 Å². The van der Waals surface area contributed by atoms with Gasteiger partial charge in [0.25, 0.3) is 0 Å². The Kier molecular flexibility index (Phi) is 5.93. The van der Waals surface area contributed by atoms with Crippen molar-refractivity contribution in [3.8, 4) is 5.75 Å². The zero-order valence-electron chi connectivity index (χ0n) is 17.6. The molecule has 0 spiro atoms. The highest BCUT2D eigenvalue weighted by molar-refractivity contribution is 5.95. The molecule has 30 heavy (non-hydrogen) atoms. The van der Waals surface area contributed by atoms with Crippen molar-refractivity contribution < 1.29 is 14.3 Å². The van der Waals surface area contributed by atoms with Crippen molar-refractivity contribution in [2.75, 3.05) is 29.9 Å². The number of amides is 3. The quantitative estimate of drug-likeness (QED) is 0.825. The second-order valence-electron chi connectivity index (χ2n) is 8.09. The Morgan fingerprint density at radius 3 is 2.47 bits per heavy atom. The predicted octanol–water partition coefficient (Wildman–Crippen LogP) is 4.31. The molecular formula is C24H29N3O3. The van der Waals surface area contributed by atoms with E-state index in [9.17, 15) is 9.59 Å². The standard InChI is InChI=1S/C24H29N3O3/c1-3-18-8-10-20(11-9-18)25-23(28)19-12-14-26(15-13-19)24(29)27-16-17(2)30-22-7-5-4-6-21(22)27/h4-11,17,19H,3,12-16H2,1-2H3,(H,25,28)/t17-/m0/s1. The first kappa shape index (κ1) is 20.3. The van der Waals surface area contributed by atoms with E-state index in [4.69, 9.17) is 4.74 Å². The topological polar surface area (TPSA) is 61.9 Å². The molecule has 4 rings (SSSR count). The number of anilines is 2. The first-order valence-electron chi connectivity index (χ1n) is 10.8. The number of piperidine rings is 1. The molecule has 0 aromatic heterocycles. The van der Waals surface area contributed by atoms with Crippen LogP contribution < -0.4 is 15.0 Å². The molecule has 2 aliphatic rings. The van der Waals surface area contributed by atoms with E-state index in [0.29, 0.717) is 32.5 Å². The van der Waals surface area contributed by atoms with Crippen LogP contribution in [0.4, 0.5) is 16.2 Å². The van der Waals surface area contributed by atoms with Crippen LogP contribution in [0, 0.1) is 5.92 Å². The molecule has 2 aromatic rings. The molecule has 1 atom stereocenters. The van der Waals surface area contributed by atoms with E-state index < -0.39 is 0 Å². The van der Waals surface area contributed by atoms with E-state index >= 15 is 0 Å². The van der Waals surface area contributed by atoms with E-state index in [1.807, 2.05) is 60.4 Å². The predicted molar refractivity (Wildman–Crippen MR) is 118 cm³/mol. The Labute approximate surface area is 177 Å². The number of hydrogen-bond donors (Lipinski definition) is 1. The molecule has 2 aliphatic heterocycles. The van der Waals surface area contributed by atoms with Crippen LogP contribution in [0.3, 0.4) is 0 Å². The number of hydrogen-bond acceptors (Lipinski definition) is 3. The molecule has 2 aromatic carbocycles. The maximum atomic E-state index is 13.2. The van der Waals surface area contributed by atoms with E-state index in [-0.39, 0.29) is 24.0 Å². The smallest absolute Gasteiger partial charge is 0.324 e. The number of fused-ring (bicyclic) bond motifs is 1. The number of para-hydroxylation sites is 2. The monoisotopic (exact) mass is 407 g/mol. The van der Waals surface area contributed by atoms with Crippen LogP contribution in [0.25, 0.3) is 0 Å². The lowest BCUT2D eigenvalue weighted by molar-refractivity contribution is -0.121. The molecule has 1 N–H and O–H groups in total. The second-order valence-corrected chi connectivity index (χ2v) is 8.09. The van der Waals surface area contributed by atoms with Gasteiger partial charge in [0, 0.05) is 24.7 Å². The molecule has 0 saturated carbocycles. The number of carbonyl (C=O) groups excluding carboxylic acids is 2. The summed E-state index contributed by atoms with van der Waals surface area (Å²) in [4.78, 5) is 29.5. The molecule has 1 saturated heterocycles. The molecule has 0 radical (unpaired) electrons. The summed E-state index contributed by atoms with van der Waals surface area (Å²) in [5.41, 5.74) is 2.89. The van der Waals surface area contributed by atoms with Crippen LogP contribution in [0.2, 0.25) is 0 Å². The number of ether oxygens (including phenoxy) is 1. The van der Waals surface area contributed by atoms with Crippen molar-refractivity contribution in [3.63, 3.8) is 0 Å². The van der Waals surface area contributed by atoms with Crippen LogP contribution in [-0.2, 0) is 11.2 Å². The average molecular weight is 408 g/mol. The zero-order chi connectivity index (χ0) is 21.1. The van der Waals surface area contributed by atoms with Gasteiger partial charge in [0.15, 0.2) is 0 Å². The summed E-state index contributed by atoms with van der Waals surface area (Å²) in [6.07, 6.45) is 2.28. The maximum absolute atomic E-state index is 13.2. The Hall–Kier alpha value is -3.02. The lowest BCUT2D eigenvalue weighted by atomic mass is 9.96. The van der Waals surface area contributed by atoms with E-state index in [1.54, 1.807) is 4.90 Å². The van der Waals surface area contributed by atoms with Crippen molar-refractivity contribution in [3.05, 3.63) is 54.1 Å². The molecule has 158 valence electrons. The third-order valence-corrected chi connectivity index (χ3v) is 5.92. The second kappa shape index (κ2) is 8.78. The molecule has 0 unspecified atom stereocenters. The molecule has 0 bridgehead atoms. The van der Waals surface area contributed by atoms with Crippen LogP contribution in [0.1, 0.15) is 32.3 Å². The number of nitrogens with zero attached hydrogens (tertiary/aromatic N) is 2. The average Bonchev–Trinajstić information content (AvgIpc) is 2.78. The highest BCUT2D eigenvalue weighted by Gasteiger charge is 2.33. The van der Waals surface area contributed by atoms with Crippen molar-refractivity contribution in [2.24, 2.45) is 5.92 Å². The van der Waals surface area contributed by atoms with Crippen molar-refractivity contribution in [2.45, 2.75) is 39.2 Å². The highest BCUT2D eigenvalue weighted by Crippen LogP contribution is 2.34. The van der Waals surface area contributed by atoms with E-state index in [2.05, 4.69) is 12.2 Å². The first-order chi connectivity index (χ1) is 14.5. The van der Waals surface area contributed by atoms with Gasteiger partial charge >= 0.3 is 6.03 Å². The minimum Gasteiger partial charge on any atom is -0.487 e. The van der Waals surface area contributed by atoms with Crippen molar-refractivity contribution in [1.29, 1.82) is 0 Å². The summed E-state index contributed by atoms with van der Waals surface area (Å²) >= 11 is 0. The molecule has 6 heteroatoms. The van der Waals surface area contributed by atoms with Gasteiger partial charge in [-0.1, -0.05) is 31.2 Å². The van der Waals surface area contributed by atoms with Gasteiger partial charge in [0.1, 0.15) is 11.9 Å². The van der Waals surface area contributed by atoms with Gasteiger partial charge in [-0.05, 0) is 56.0 Å². The van der Waals surface area contributed by atoms with E-state index in [1.165, 1.54) is 5.56 Å².